The summed E-state index contributed by atoms with van der Waals surface area (Å²) in [6, 6.07) is 14.6. The van der Waals surface area contributed by atoms with Crippen LogP contribution in [0.25, 0.3) is 0 Å². The molecule has 0 aliphatic rings. The molecule has 22 heavy (non-hydrogen) atoms. The van der Waals surface area contributed by atoms with Gasteiger partial charge in [0, 0.05) is 15.1 Å². The van der Waals surface area contributed by atoms with E-state index in [1.165, 1.54) is 4.90 Å². The molecule has 0 unspecified atom stereocenters. The molecule has 0 heterocycles. The molecular weight excluding hydrogens is 459 g/mol. The van der Waals surface area contributed by atoms with Crippen molar-refractivity contribution >= 4 is 56.0 Å². The van der Waals surface area contributed by atoms with Crippen LogP contribution in [0.4, 0.5) is 5.69 Å². The number of benzene rings is 2. The van der Waals surface area contributed by atoms with Crippen LogP contribution in [-0.2, 0) is 4.79 Å². The lowest BCUT2D eigenvalue weighted by Gasteiger charge is -2.18. The second kappa shape index (κ2) is 7.73. The summed E-state index contributed by atoms with van der Waals surface area (Å²) in [5, 5.41) is 2.78. The second-order valence-corrected chi connectivity index (χ2v) is 6.69. The molecule has 0 aliphatic heterocycles. The van der Waals surface area contributed by atoms with Crippen LogP contribution in [0.2, 0.25) is 0 Å². The van der Waals surface area contributed by atoms with Crippen molar-refractivity contribution in [2.75, 3.05) is 18.9 Å². The van der Waals surface area contributed by atoms with E-state index in [2.05, 4.69) is 43.8 Å². The van der Waals surface area contributed by atoms with Crippen molar-refractivity contribution in [2.45, 2.75) is 0 Å². The number of amides is 2. The van der Waals surface area contributed by atoms with Gasteiger partial charge in [0.2, 0.25) is 5.91 Å². The smallest absolute Gasteiger partial charge is 0.255 e. The van der Waals surface area contributed by atoms with Crippen molar-refractivity contribution in [1.82, 2.24) is 4.90 Å². The molecule has 0 saturated heterocycles. The van der Waals surface area contributed by atoms with Gasteiger partial charge in [-0.05, 0) is 62.8 Å². The van der Waals surface area contributed by atoms with Crippen LogP contribution in [-0.4, -0.2) is 30.3 Å². The van der Waals surface area contributed by atoms with E-state index in [-0.39, 0.29) is 18.4 Å². The fraction of sp³-hybridized carbons (Fsp3) is 0.125. The Bertz CT molecular complexity index is 706. The van der Waals surface area contributed by atoms with Gasteiger partial charge >= 0.3 is 0 Å². The van der Waals surface area contributed by atoms with Gasteiger partial charge < -0.3 is 10.2 Å². The fourth-order valence-electron chi connectivity index (χ4n) is 1.88. The lowest BCUT2D eigenvalue weighted by molar-refractivity contribution is -0.116. The predicted molar refractivity (Wildman–Crippen MR) is 98.9 cm³/mol. The van der Waals surface area contributed by atoms with Crippen molar-refractivity contribution in [1.29, 1.82) is 0 Å². The molecule has 114 valence electrons. The molecule has 0 radical (unpaired) electrons. The Morgan fingerprint density at radius 2 is 1.77 bits per heavy atom. The fourth-order valence-corrected chi connectivity index (χ4v) is 2.88. The normalized spacial score (nSPS) is 10.1. The van der Waals surface area contributed by atoms with Gasteiger partial charge in [-0.2, -0.15) is 0 Å². The quantitative estimate of drug-likeness (QED) is 0.688. The summed E-state index contributed by atoms with van der Waals surface area (Å²) in [4.78, 5) is 25.8. The van der Waals surface area contributed by atoms with E-state index in [0.717, 1.165) is 8.04 Å². The number of para-hydroxylation sites is 1. The number of anilines is 1. The molecule has 1 N–H and O–H groups in total. The van der Waals surface area contributed by atoms with E-state index in [1.807, 2.05) is 36.4 Å². The number of nitrogens with zero attached hydrogens (tertiary/aromatic N) is 1. The third-order valence-corrected chi connectivity index (χ3v) is 4.61. The number of rotatable bonds is 4. The van der Waals surface area contributed by atoms with Crippen molar-refractivity contribution in [3.8, 4) is 0 Å². The predicted octanol–water partition coefficient (Wildman–Crippen LogP) is 3.76. The van der Waals surface area contributed by atoms with Gasteiger partial charge in [0.15, 0.2) is 0 Å². The standard InChI is InChI=1S/C16H14BrIN2O2/c1-20(16(22)11-6-2-4-8-13(11)18)10-15(21)19-14-9-5-3-7-12(14)17/h2-9H,10H2,1H3,(H,19,21). The molecule has 0 bridgehead atoms. The van der Waals surface area contributed by atoms with Crippen LogP contribution in [0.3, 0.4) is 0 Å². The average molecular weight is 473 g/mol. The van der Waals surface area contributed by atoms with Gasteiger partial charge in [-0.1, -0.05) is 24.3 Å². The average Bonchev–Trinajstić information content (AvgIpc) is 2.49. The van der Waals surface area contributed by atoms with Gasteiger partial charge in [-0.3, -0.25) is 9.59 Å². The Kier molecular flexibility index (Phi) is 5.96. The van der Waals surface area contributed by atoms with Crippen LogP contribution in [0.5, 0.6) is 0 Å². The van der Waals surface area contributed by atoms with Crippen molar-refractivity contribution in [3.63, 3.8) is 0 Å². The first-order valence-electron chi connectivity index (χ1n) is 6.53. The Labute approximate surface area is 151 Å². The van der Waals surface area contributed by atoms with E-state index in [4.69, 9.17) is 0 Å². The first-order valence-corrected chi connectivity index (χ1v) is 8.40. The maximum Gasteiger partial charge on any atom is 0.255 e. The molecule has 0 saturated carbocycles. The Hall–Kier alpha value is -1.41. The molecule has 2 aromatic rings. The van der Waals surface area contributed by atoms with E-state index >= 15 is 0 Å². The number of carbonyl (C=O) groups is 2. The van der Waals surface area contributed by atoms with Crippen molar-refractivity contribution < 1.29 is 9.59 Å². The number of hydrogen-bond donors (Lipinski definition) is 1. The SMILES string of the molecule is CN(CC(=O)Nc1ccccc1Br)C(=O)c1ccccc1I. The summed E-state index contributed by atoms with van der Waals surface area (Å²) in [5.41, 5.74) is 1.28. The number of nitrogens with one attached hydrogen (secondary N) is 1. The molecule has 0 aliphatic carbocycles. The number of hydrogen-bond acceptors (Lipinski definition) is 2. The number of likely N-dealkylation sites (N-methyl/N-ethyl adjacent to an activating group) is 1. The molecule has 0 fully saturated rings. The highest BCUT2D eigenvalue weighted by molar-refractivity contribution is 14.1. The van der Waals surface area contributed by atoms with Gasteiger partial charge in [0.25, 0.3) is 5.91 Å². The van der Waals surface area contributed by atoms with Gasteiger partial charge in [-0.15, -0.1) is 0 Å². The van der Waals surface area contributed by atoms with E-state index in [9.17, 15) is 9.59 Å². The molecule has 0 atom stereocenters. The zero-order chi connectivity index (χ0) is 16.1. The monoisotopic (exact) mass is 472 g/mol. The molecular formula is C16H14BrIN2O2. The van der Waals surface area contributed by atoms with Crippen LogP contribution in [0.1, 0.15) is 10.4 Å². The minimum Gasteiger partial charge on any atom is -0.332 e. The summed E-state index contributed by atoms with van der Waals surface area (Å²) in [6.45, 7) is -0.00879. The molecule has 0 aromatic heterocycles. The van der Waals surface area contributed by atoms with Crippen LogP contribution >= 0.6 is 38.5 Å². The molecule has 2 rings (SSSR count). The second-order valence-electron chi connectivity index (χ2n) is 4.67. The highest BCUT2D eigenvalue weighted by Gasteiger charge is 2.17. The van der Waals surface area contributed by atoms with Crippen LogP contribution < -0.4 is 5.32 Å². The summed E-state index contributed by atoms with van der Waals surface area (Å²) in [6.07, 6.45) is 0. The zero-order valence-corrected chi connectivity index (χ0v) is 15.6. The Morgan fingerprint density at radius 1 is 1.14 bits per heavy atom. The molecule has 2 aromatic carbocycles. The Balaban J connectivity index is 2.01. The highest BCUT2D eigenvalue weighted by atomic mass is 127. The highest BCUT2D eigenvalue weighted by Crippen LogP contribution is 2.21. The van der Waals surface area contributed by atoms with Gasteiger partial charge in [0.1, 0.15) is 0 Å². The van der Waals surface area contributed by atoms with Gasteiger partial charge in [-0.25, -0.2) is 0 Å². The third-order valence-electron chi connectivity index (χ3n) is 2.98. The third kappa shape index (κ3) is 4.30. The van der Waals surface area contributed by atoms with Crippen LogP contribution in [0, 0.1) is 3.57 Å². The largest absolute Gasteiger partial charge is 0.332 e. The molecule has 0 spiro atoms. The topological polar surface area (TPSA) is 49.4 Å². The number of halogens is 2. The molecule has 4 nitrogen and oxygen atoms in total. The lowest BCUT2D eigenvalue weighted by atomic mass is 10.2. The zero-order valence-electron chi connectivity index (χ0n) is 11.8. The van der Waals surface area contributed by atoms with Gasteiger partial charge in [0.05, 0.1) is 17.8 Å². The molecule has 6 heteroatoms. The van der Waals surface area contributed by atoms with Crippen molar-refractivity contribution in [2.24, 2.45) is 0 Å². The summed E-state index contributed by atoms with van der Waals surface area (Å²) < 4.78 is 1.66. The Morgan fingerprint density at radius 3 is 2.45 bits per heavy atom. The summed E-state index contributed by atoms with van der Waals surface area (Å²) >= 11 is 5.48. The minimum absolute atomic E-state index is 0.00879. The van der Waals surface area contributed by atoms with E-state index in [1.54, 1.807) is 19.2 Å². The maximum absolute atomic E-state index is 12.4. The molecule has 2 amide bonds. The first-order chi connectivity index (χ1) is 10.5. The summed E-state index contributed by atoms with van der Waals surface area (Å²) in [5.74, 6) is -0.416. The maximum atomic E-state index is 12.4. The van der Waals surface area contributed by atoms with E-state index < -0.39 is 0 Å². The minimum atomic E-state index is -0.242. The van der Waals surface area contributed by atoms with Crippen molar-refractivity contribution in [3.05, 3.63) is 62.1 Å². The summed E-state index contributed by atoms with van der Waals surface area (Å²) in [7, 11) is 1.62. The van der Waals surface area contributed by atoms with Crippen LogP contribution in [0.15, 0.2) is 53.0 Å². The number of carbonyl (C=O) groups excluding carboxylic acids is 2. The first kappa shape index (κ1) is 17.0. The lowest BCUT2D eigenvalue weighted by Crippen LogP contribution is -2.35. The van der Waals surface area contributed by atoms with E-state index in [0.29, 0.717) is 11.3 Å².